The third kappa shape index (κ3) is 2.82. The Hall–Kier alpha value is -2.22. The van der Waals surface area contributed by atoms with Crippen molar-refractivity contribution in [2.24, 2.45) is 18.9 Å². The lowest BCUT2D eigenvalue weighted by Gasteiger charge is -2.28. The number of fused-ring (bicyclic) bond motifs is 2. The van der Waals surface area contributed by atoms with Crippen LogP contribution in [-0.2, 0) is 26.6 Å². The zero-order valence-electron chi connectivity index (χ0n) is 15.1. The number of rotatable bonds is 4. The van der Waals surface area contributed by atoms with Crippen LogP contribution in [0.15, 0.2) is 12.4 Å². The molecule has 3 aliphatic rings. The zero-order valence-corrected chi connectivity index (χ0v) is 15.1. The van der Waals surface area contributed by atoms with Gasteiger partial charge in [-0.1, -0.05) is 0 Å². The lowest BCUT2D eigenvalue weighted by Crippen LogP contribution is -2.41. The molecule has 1 amide bonds. The van der Waals surface area contributed by atoms with Crippen LogP contribution in [0.25, 0.3) is 0 Å². The molecular weight excluding hydrogens is 330 g/mol. The summed E-state index contributed by atoms with van der Waals surface area (Å²) in [6.07, 6.45) is 8.32. The predicted octanol–water partition coefficient (Wildman–Crippen LogP) is 0.598. The fourth-order valence-electron chi connectivity index (χ4n) is 4.53. The molecule has 1 aliphatic carbocycles. The van der Waals surface area contributed by atoms with Gasteiger partial charge < -0.3 is 9.88 Å². The number of aryl methyl sites for hydroxylation is 1. The van der Waals surface area contributed by atoms with Gasteiger partial charge in [0, 0.05) is 57.4 Å². The summed E-state index contributed by atoms with van der Waals surface area (Å²) in [5, 5.41) is 15.9. The molecule has 0 aromatic carbocycles. The number of amides is 1. The number of nitrogens with zero attached hydrogens (tertiary/aromatic N) is 6. The van der Waals surface area contributed by atoms with E-state index in [0.29, 0.717) is 23.7 Å². The smallest absolute Gasteiger partial charge is 0.289 e. The molecular formula is C18H25N7O. The van der Waals surface area contributed by atoms with Gasteiger partial charge >= 0.3 is 0 Å². The van der Waals surface area contributed by atoms with Crippen LogP contribution in [0.3, 0.4) is 0 Å². The minimum atomic E-state index is -0.0582. The maximum atomic E-state index is 12.5. The van der Waals surface area contributed by atoms with Gasteiger partial charge in [0.05, 0.1) is 6.20 Å². The van der Waals surface area contributed by atoms with Crippen molar-refractivity contribution in [3.05, 3.63) is 29.6 Å². The van der Waals surface area contributed by atoms with E-state index in [1.54, 1.807) is 0 Å². The van der Waals surface area contributed by atoms with E-state index < -0.39 is 0 Å². The second-order valence-corrected chi connectivity index (χ2v) is 8.09. The molecule has 1 saturated heterocycles. The van der Waals surface area contributed by atoms with E-state index in [4.69, 9.17) is 0 Å². The Morgan fingerprint density at radius 1 is 1.23 bits per heavy atom. The number of hydrogen-bond acceptors (Lipinski definition) is 5. The van der Waals surface area contributed by atoms with Crippen LogP contribution in [0.1, 0.15) is 41.3 Å². The van der Waals surface area contributed by atoms with E-state index in [-0.39, 0.29) is 5.91 Å². The molecule has 26 heavy (non-hydrogen) atoms. The van der Waals surface area contributed by atoms with Crippen molar-refractivity contribution in [3.63, 3.8) is 0 Å². The summed E-state index contributed by atoms with van der Waals surface area (Å²) in [5.41, 5.74) is 1.26. The first-order valence-corrected chi connectivity index (χ1v) is 9.58. The molecule has 2 aromatic heterocycles. The van der Waals surface area contributed by atoms with Gasteiger partial charge in [0.25, 0.3) is 5.91 Å². The van der Waals surface area contributed by atoms with Crippen molar-refractivity contribution < 1.29 is 4.79 Å². The van der Waals surface area contributed by atoms with Crippen LogP contribution in [0.4, 0.5) is 0 Å². The Morgan fingerprint density at radius 2 is 2.08 bits per heavy atom. The first kappa shape index (κ1) is 16.0. The molecule has 5 rings (SSSR count). The predicted molar refractivity (Wildman–Crippen MR) is 94.3 cm³/mol. The molecule has 0 bridgehead atoms. The van der Waals surface area contributed by atoms with E-state index in [1.807, 2.05) is 17.9 Å². The summed E-state index contributed by atoms with van der Waals surface area (Å²) >= 11 is 0. The molecule has 8 nitrogen and oxygen atoms in total. The SMILES string of the molecule is Cn1cc(CN2C[C@@H]3Cc4nnc(C(=O)NC5CCC5)n4C[C@@H]3C2)cn1. The Bertz CT molecular complexity index is 821. The number of likely N-dealkylation sites (tertiary alicyclic amines) is 1. The maximum Gasteiger partial charge on any atom is 0.289 e. The summed E-state index contributed by atoms with van der Waals surface area (Å²) in [4.78, 5) is 15.0. The van der Waals surface area contributed by atoms with Gasteiger partial charge in [-0.05, 0) is 31.1 Å². The molecule has 1 N–H and O–H groups in total. The lowest BCUT2D eigenvalue weighted by molar-refractivity contribution is 0.0898. The van der Waals surface area contributed by atoms with Crippen molar-refractivity contribution >= 4 is 5.91 Å². The standard InChI is InChI=1S/C18H25N7O/c1-23-7-12(6-19-23)8-24-9-13-5-16-21-22-17(25(16)11-14(13)10-24)18(26)20-15-3-2-4-15/h6-7,13-15H,2-5,8-11H2,1H3,(H,20,26)/t13-,14-/m0/s1. The Labute approximate surface area is 152 Å². The third-order valence-electron chi connectivity index (χ3n) is 6.15. The summed E-state index contributed by atoms with van der Waals surface area (Å²) in [6, 6.07) is 0.327. The highest BCUT2D eigenvalue weighted by Gasteiger charge is 2.39. The number of hydrogen-bond donors (Lipinski definition) is 1. The molecule has 2 fully saturated rings. The lowest BCUT2D eigenvalue weighted by atomic mass is 9.89. The van der Waals surface area contributed by atoms with Crippen molar-refractivity contribution in [1.29, 1.82) is 0 Å². The van der Waals surface area contributed by atoms with Crippen LogP contribution >= 0.6 is 0 Å². The molecule has 138 valence electrons. The topological polar surface area (TPSA) is 80.9 Å². The van der Waals surface area contributed by atoms with Crippen LogP contribution in [-0.4, -0.2) is 54.5 Å². The van der Waals surface area contributed by atoms with Gasteiger partial charge in [0.15, 0.2) is 0 Å². The highest BCUT2D eigenvalue weighted by Crippen LogP contribution is 2.33. The van der Waals surface area contributed by atoms with Crippen LogP contribution in [0.2, 0.25) is 0 Å². The van der Waals surface area contributed by atoms with Crippen molar-refractivity contribution in [2.45, 2.75) is 44.8 Å². The van der Waals surface area contributed by atoms with Gasteiger partial charge in [0.1, 0.15) is 5.82 Å². The monoisotopic (exact) mass is 355 g/mol. The second kappa shape index (κ2) is 6.19. The highest BCUT2D eigenvalue weighted by atomic mass is 16.2. The molecule has 1 saturated carbocycles. The van der Waals surface area contributed by atoms with E-state index in [0.717, 1.165) is 51.3 Å². The Kier molecular flexibility index (Phi) is 3.81. The molecule has 2 aromatic rings. The minimum absolute atomic E-state index is 0.0582. The highest BCUT2D eigenvalue weighted by molar-refractivity contribution is 5.91. The molecule has 8 heteroatoms. The average Bonchev–Trinajstić information content (AvgIpc) is 3.26. The van der Waals surface area contributed by atoms with Gasteiger partial charge in [0.2, 0.25) is 5.82 Å². The Morgan fingerprint density at radius 3 is 2.81 bits per heavy atom. The van der Waals surface area contributed by atoms with Gasteiger partial charge in [-0.15, -0.1) is 10.2 Å². The molecule has 2 atom stereocenters. The van der Waals surface area contributed by atoms with Gasteiger partial charge in [-0.25, -0.2) is 0 Å². The number of nitrogens with one attached hydrogen (secondary N) is 1. The largest absolute Gasteiger partial charge is 0.347 e. The minimum Gasteiger partial charge on any atom is -0.347 e. The zero-order chi connectivity index (χ0) is 17.7. The summed E-state index contributed by atoms with van der Waals surface area (Å²) in [5.74, 6) is 2.57. The van der Waals surface area contributed by atoms with Crippen molar-refractivity contribution in [3.8, 4) is 0 Å². The van der Waals surface area contributed by atoms with E-state index >= 15 is 0 Å². The molecule has 0 radical (unpaired) electrons. The summed E-state index contributed by atoms with van der Waals surface area (Å²) < 4.78 is 3.91. The molecule has 0 unspecified atom stereocenters. The van der Waals surface area contributed by atoms with E-state index in [9.17, 15) is 4.79 Å². The first-order chi connectivity index (χ1) is 12.7. The normalized spacial score (nSPS) is 25.6. The molecule has 0 spiro atoms. The number of aromatic nitrogens is 5. The van der Waals surface area contributed by atoms with E-state index in [1.165, 1.54) is 12.0 Å². The van der Waals surface area contributed by atoms with Crippen LogP contribution in [0, 0.1) is 11.8 Å². The number of carbonyl (C=O) groups is 1. The summed E-state index contributed by atoms with van der Waals surface area (Å²) in [7, 11) is 1.95. The average molecular weight is 355 g/mol. The molecule has 2 aliphatic heterocycles. The first-order valence-electron chi connectivity index (χ1n) is 9.58. The fourth-order valence-corrected chi connectivity index (χ4v) is 4.53. The van der Waals surface area contributed by atoms with Gasteiger partial charge in [-0.2, -0.15) is 5.10 Å². The Balaban J connectivity index is 1.27. The second-order valence-electron chi connectivity index (χ2n) is 8.09. The fraction of sp³-hybridized carbons (Fsp3) is 0.667. The van der Waals surface area contributed by atoms with Crippen molar-refractivity contribution in [2.75, 3.05) is 13.1 Å². The third-order valence-corrected chi connectivity index (χ3v) is 6.15. The quantitative estimate of drug-likeness (QED) is 0.869. The summed E-state index contributed by atoms with van der Waals surface area (Å²) in [6.45, 7) is 3.93. The van der Waals surface area contributed by atoms with Gasteiger partial charge in [-0.3, -0.25) is 14.4 Å². The van der Waals surface area contributed by atoms with E-state index in [2.05, 4.69) is 36.3 Å². The van der Waals surface area contributed by atoms with Crippen LogP contribution < -0.4 is 5.32 Å². The van der Waals surface area contributed by atoms with Crippen molar-refractivity contribution in [1.82, 2.24) is 34.8 Å². The maximum absolute atomic E-state index is 12.5. The molecule has 4 heterocycles. The number of carbonyl (C=O) groups excluding carboxylic acids is 1. The van der Waals surface area contributed by atoms with Crippen LogP contribution in [0.5, 0.6) is 0 Å².